The van der Waals surface area contributed by atoms with Gasteiger partial charge in [-0.2, -0.15) is 12.2 Å². The molecule has 2 rings (SSSR count). The first-order valence-corrected chi connectivity index (χ1v) is 8.17. The minimum atomic E-state index is 0. The van der Waals surface area contributed by atoms with Crippen LogP contribution in [0.25, 0.3) is 0 Å². The average Bonchev–Trinajstić information content (AvgIpc) is 2.82. The van der Waals surface area contributed by atoms with E-state index in [0.717, 1.165) is 15.9 Å². The van der Waals surface area contributed by atoms with E-state index in [2.05, 4.69) is 58.2 Å². The van der Waals surface area contributed by atoms with Gasteiger partial charge in [-0.25, -0.2) is 23.3 Å². The maximum Gasteiger partial charge on any atom is 2.00 e. The van der Waals surface area contributed by atoms with E-state index >= 15 is 0 Å². The van der Waals surface area contributed by atoms with Crippen LogP contribution in [0.4, 0.5) is 0 Å². The van der Waals surface area contributed by atoms with E-state index in [1.54, 1.807) is 0 Å². The second-order valence-corrected chi connectivity index (χ2v) is 5.14. The summed E-state index contributed by atoms with van der Waals surface area (Å²) in [5.74, 6) is 0.551. The van der Waals surface area contributed by atoms with Crippen LogP contribution in [0, 0.1) is 18.1 Å². The number of halogens is 2. The fourth-order valence-corrected chi connectivity index (χ4v) is 1.34. The van der Waals surface area contributed by atoms with E-state index in [1.165, 1.54) is 11.1 Å². The van der Waals surface area contributed by atoms with Crippen molar-refractivity contribution in [2.75, 3.05) is 0 Å². The monoisotopic (exact) mass is 393 g/mol. The molecule has 1 radical (unpaired) electrons. The Kier molecular flexibility index (Phi) is 27.4. The quantitative estimate of drug-likeness (QED) is 0.400. The molecule has 0 aromatic rings. The second kappa shape index (κ2) is 18.6. The molecule has 2 aliphatic carbocycles. The van der Waals surface area contributed by atoms with Crippen LogP contribution in [0.2, 0.25) is 13.1 Å². The van der Waals surface area contributed by atoms with Crippen molar-refractivity contribution >= 4 is 34.3 Å². The zero-order valence-electron chi connectivity index (χ0n) is 12.5. The predicted molar refractivity (Wildman–Crippen MR) is 90.3 cm³/mol. The Labute approximate surface area is 153 Å². The summed E-state index contributed by atoms with van der Waals surface area (Å²) in [7, 11) is 0.750. The number of hydrogen-bond acceptors (Lipinski definition) is 0. The largest absolute Gasteiger partial charge is 2.00 e. The second-order valence-electron chi connectivity index (χ2n) is 3.99. The molecule has 0 heterocycles. The van der Waals surface area contributed by atoms with Gasteiger partial charge in [0, 0.05) is 9.52 Å². The van der Waals surface area contributed by atoms with Crippen LogP contribution < -0.4 is 0 Å². The molecule has 0 saturated heterocycles. The van der Waals surface area contributed by atoms with E-state index in [-0.39, 0.29) is 51.0 Å². The predicted octanol–water partition coefficient (Wildman–Crippen LogP) is 5.00. The molecule has 0 N–H and O–H groups in total. The summed E-state index contributed by atoms with van der Waals surface area (Å²) in [6.07, 6.45) is 15.5. The molecule has 0 aliphatic heterocycles. The average molecular weight is 396 g/mol. The van der Waals surface area contributed by atoms with Crippen molar-refractivity contribution in [1.82, 2.24) is 0 Å². The third-order valence-electron chi connectivity index (χ3n) is 2.12. The number of rotatable bonds is 0. The molecular formula is C15H25Cl2SiZr. The maximum absolute atomic E-state index is 3.29. The fourth-order valence-electron chi connectivity index (χ4n) is 1.34. The van der Waals surface area contributed by atoms with Crippen molar-refractivity contribution in [3.05, 3.63) is 47.6 Å². The van der Waals surface area contributed by atoms with Gasteiger partial charge < -0.3 is 0 Å². The van der Waals surface area contributed by atoms with Crippen LogP contribution in [0.5, 0.6) is 0 Å². The minimum Gasteiger partial charge on any atom is -0.273 e. The molecule has 2 aliphatic rings. The molecule has 1 unspecified atom stereocenters. The molecule has 0 amide bonds. The Bertz CT molecular complexity index is 279. The zero-order valence-corrected chi connectivity index (χ0v) is 17.7. The van der Waals surface area contributed by atoms with Crippen LogP contribution >= 0.6 is 24.8 Å². The summed E-state index contributed by atoms with van der Waals surface area (Å²) in [5.41, 5.74) is 2.70. The van der Waals surface area contributed by atoms with Crippen molar-refractivity contribution < 1.29 is 26.2 Å². The smallest absolute Gasteiger partial charge is 0.273 e. The van der Waals surface area contributed by atoms with E-state index < -0.39 is 0 Å². The van der Waals surface area contributed by atoms with Crippen molar-refractivity contribution in [1.29, 1.82) is 0 Å². The molecule has 0 fully saturated rings. The summed E-state index contributed by atoms with van der Waals surface area (Å²) < 4.78 is 0. The van der Waals surface area contributed by atoms with Gasteiger partial charge in [-0.3, -0.25) is 12.2 Å². The first-order valence-electron chi connectivity index (χ1n) is 5.86. The molecule has 0 aromatic heterocycles. The molecule has 0 spiro atoms. The summed E-state index contributed by atoms with van der Waals surface area (Å²) in [5, 5.41) is 0. The molecule has 4 heteroatoms. The Balaban J connectivity index is -0.0000000907. The third kappa shape index (κ3) is 16.6. The molecule has 0 bridgehead atoms. The van der Waals surface area contributed by atoms with Crippen molar-refractivity contribution in [3.8, 4) is 0 Å². The normalized spacial score (nSPS) is 17.2. The summed E-state index contributed by atoms with van der Waals surface area (Å²) in [6, 6.07) is 0. The topological polar surface area (TPSA) is 0 Å². The first kappa shape index (κ1) is 27.9. The molecule has 0 aromatic carbocycles. The fraction of sp³-hybridized carbons (Fsp3) is 0.467. The van der Waals surface area contributed by atoms with Gasteiger partial charge in [0.15, 0.2) is 0 Å². The zero-order chi connectivity index (χ0) is 12.4. The molecule has 1 atom stereocenters. The van der Waals surface area contributed by atoms with E-state index in [4.69, 9.17) is 0 Å². The summed E-state index contributed by atoms with van der Waals surface area (Å²) in [6.45, 7) is 10.8. The van der Waals surface area contributed by atoms with Crippen LogP contribution in [0.3, 0.4) is 0 Å². The van der Waals surface area contributed by atoms with E-state index in [0.29, 0.717) is 5.92 Å². The Hall–Kier alpha value is 0.640. The van der Waals surface area contributed by atoms with Gasteiger partial charge in [0.2, 0.25) is 0 Å². The van der Waals surface area contributed by atoms with Gasteiger partial charge in [-0.05, 0) is 0 Å². The van der Waals surface area contributed by atoms with Gasteiger partial charge in [-0.15, -0.1) is 38.2 Å². The van der Waals surface area contributed by atoms with Crippen molar-refractivity contribution in [3.63, 3.8) is 0 Å². The van der Waals surface area contributed by atoms with Gasteiger partial charge >= 0.3 is 26.2 Å². The van der Waals surface area contributed by atoms with Gasteiger partial charge in [0.25, 0.3) is 0 Å². The first-order chi connectivity index (χ1) is 7.61. The standard InChI is InChI=1S/C8H11.C5H5.C2H7Si.2ClH.Zr/c1-6-4-7(2)8(3)5-6;1-2-4-5-3-1;1-3-2;;;/h4,6H,1-3H3;1-3H,4H2;3H,1-2H3;2*1H;/q2*-1;;;;+2. The van der Waals surface area contributed by atoms with Crippen molar-refractivity contribution in [2.24, 2.45) is 5.92 Å². The molecule has 107 valence electrons. The molecule has 0 saturated carbocycles. The van der Waals surface area contributed by atoms with Crippen LogP contribution in [-0.2, 0) is 26.2 Å². The van der Waals surface area contributed by atoms with Gasteiger partial charge in [-0.1, -0.05) is 32.9 Å². The van der Waals surface area contributed by atoms with Crippen LogP contribution in [0.1, 0.15) is 27.2 Å². The molecule has 19 heavy (non-hydrogen) atoms. The van der Waals surface area contributed by atoms with E-state index in [9.17, 15) is 0 Å². The summed E-state index contributed by atoms with van der Waals surface area (Å²) >= 11 is 0. The van der Waals surface area contributed by atoms with E-state index in [1.807, 2.05) is 12.2 Å². The number of hydrogen-bond donors (Lipinski definition) is 0. The van der Waals surface area contributed by atoms with Gasteiger partial charge in [0.05, 0.1) is 0 Å². The van der Waals surface area contributed by atoms with Crippen LogP contribution in [0.15, 0.2) is 35.5 Å². The van der Waals surface area contributed by atoms with Crippen molar-refractivity contribution in [2.45, 2.75) is 40.3 Å². The maximum atomic E-state index is 3.29. The summed E-state index contributed by atoms with van der Waals surface area (Å²) in [4.78, 5) is 0. The Morgan fingerprint density at radius 3 is 1.84 bits per heavy atom. The number of allylic oxidation sites excluding steroid dienone is 8. The Morgan fingerprint density at radius 1 is 1.21 bits per heavy atom. The molecular weight excluding hydrogens is 370 g/mol. The minimum absolute atomic E-state index is 0. The Morgan fingerprint density at radius 2 is 1.74 bits per heavy atom. The third-order valence-corrected chi connectivity index (χ3v) is 2.12. The van der Waals surface area contributed by atoms with Gasteiger partial charge in [0.1, 0.15) is 0 Å². The molecule has 0 nitrogen and oxygen atoms in total. The van der Waals surface area contributed by atoms with Crippen LogP contribution in [-0.4, -0.2) is 9.52 Å². The SMILES string of the molecule is CC1=[C-]C(C)C=C1C.C[SiH]C.Cl.Cl.[C-]1=CC=CC1.[Zr+2].